The van der Waals surface area contributed by atoms with Gasteiger partial charge >= 0.3 is 12.1 Å². The van der Waals surface area contributed by atoms with E-state index in [1.165, 1.54) is 17.8 Å². The van der Waals surface area contributed by atoms with Gasteiger partial charge in [0.1, 0.15) is 12.6 Å². The van der Waals surface area contributed by atoms with Crippen molar-refractivity contribution >= 4 is 29.7 Å². The maximum absolute atomic E-state index is 12.3. The monoisotopic (exact) mass is 495 g/mol. The van der Waals surface area contributed by atoms with E-state index in [2.05, 4.69) is 27.9 Å². The van der Waals surface area contributed by atoms with Crippen LogP contribution in [0.2, 0.25) is 0 Å². The predicted octanol–water partition coefficient (Wildman–Crippen LogP) is 3.65. The average molecular weight is 496 g/mol. The molecule has 2 aromatic carbocycles. The smallest absolute Gasteiger partial charge is 0.407 e. The Balaban J connectivity index is 1.29. The summed E-state index contributed by atoms with van der Waals surface area (Å²) in [5.74, 6) is -1.00. The molecule has 0 unspecified atom stereocenters. The third-order valence-electron chi connectivity index (χ3n) is 5.76. The maximum atomic E-state index is 12.3. The molecule has 4 rings (SSSR count). The van der Waals surface area contributed by atoms with Crippen LogP contribution in [0.25, 0.3) is 11.1 Å². The Morgan fingerprint density at radius 3 is 2.40 bits per heavy atom. The molecule has 35 heavy (non-hydrogen) atoms. The molecule has 3 N–H and O–H groups in total. The number of benzene rings is 2. The summed E-state index contributed by atoms with van der Waals surface area (Å²) in [6.45, 7) is 0.141. The molecule has 1 aliphatic carbocycles. The lowest BCUT2D eigenvalue weighted by Gasteiger charge is -2.14. The zero-order valence-electron chi connectivity index (χ0n) is 19.0. The number of carboxylic acid groups (broad SMARTS) is 1. The second-order valence-electron chi connectivity index (χ2n) is 8.00. The van der Waals surface area contributed by atoms with Gasteiger partial charge in [-0.15, -0.1) is 0 Å². The summed E-state index contributed by atoms with van der Waals surface area (Å²) in [6, 6.07) is 16.5. The van der Waals surface area contributed by atoms with Crippen molar-refractivity contribution < 1.29 is 28.8 Å². The summed E-state index contributed by atoms with van der Waals surface area (Å²) >= 11 is 1.49. The number of nitrogens with one attached hydrogen (secondary N) is 2. The lowest BCUT2D eigenvalue weighted by Crippen LogP contribution is -2.41. The van der Waals surface area contributed by atoms with Crippen molar-refractivity contribution in [3.8, 4) is 11.1 Å². The number of fused-ring (bicyclic) bond motifs is 3. The van der Waals surface area contributed by atoms with E-state index in [4.69, 9.17) is 9.26 Å². The standard InChI is InChI=1S/C25H25N3O6S/c1-35-11-10-21(24(30)31)27-23(29)22-12-15(34-28-22)13-26-25(32)33-14-20-18-8-4-2-6-16(18)17-7-3-5-9-19(17)20/h2-9,12,20-21H,10-11,13-14H2,1H3,(H,26,32)(H,27,29)(H,30,31)/t21-/m1/s1. The van der Waals surface area contributed by atoms with E-state index in [1.54, 1.807) is 0 Å². The molecule has 0 bridgehead atoms. The predicted molar refractivity (Wildman–Crippen MR) is 130 cm³/mol. The van der Waals surface area contributed by atoms with E-state index >= 15 is 0 Å². The van der Waals surface area contributed by atoms with Crippen molar-refractivity contribution in [1.29, 1.82) is 0 Å². The molecule has 0 saturated carbocycles. The Hall–Kier alpha value is -3.79. The fraction of sp³-hybridized carbons (Fsp3) is 0.280. The van der Waals surface area contributed by atoms with E-state index in [0.717, 1.165) is 22.3 Å². The average Bonchev–Trinajstić information content (AvgIpc) is 3.47. The van der Waals surface area contributed by atoms with Crippen LogP contribution in [0.4, 0.5) is 4.79 Å². The van der Waals surface area contributed by atoms with Crippen LogP contribution in [0.15, 0.2) is 59.1 Å². The fourth-order valence-corrected chi connectivity index (χ4v) is 4.51. The summed E-state index contributed by atoms with van der Waals surface area (Å²) in [5.41, 5.74) is 4.45. The highest BCUT2D eigenvalue weighted by Crippen LogP contribution is 2.44. The highest BCUT2D eigenvalue weighted by molar-refractivity contribution is 7.98. The van der Waals surface area contributed by atoms with Gasteiger partial charge in [0, 0.05) is 12.0 Å². The van der Waals surface area contributed by atoms with E-state index < -0.39 is 24.0 Å². The summed E-state index contributed by atoms with van der Waals surface area (Å²) in [4.78, 5) is 35.9. The molecule has 9 nitrogen and oxygen atoms in total. The fourth-order valence-electron chi connectivity index (χ4n) is 4.04. The summed E-state index contributed by atoms with van der Waals surface area (Å²) in [5, 5.41) is 17.9. The Labute approximate surface area is 206 Å². The number of ether oxygens (including phenoxy) is 1. The molecule has 1 aromatic heterocycles. The largest absolute Gasteiger partial charge is 0.480 e. The van der Waals surface area contributed by atoms with Gasteiger partial charge in [-0.25, -0.2) is 9.59 Å². The molecular weight excluding hydrogens is 470 g/mol. The minimum atomic E-state index is -1.12. The number of hydrogen-bond donors (Lipinski definition) is 3. The number of thioether (sulfide) groups is 1. The van der Waals surface area contributed by atoms with Crippen LogP contribution < -0.4 is 10.6 Å². The van der Waals surface area contributed by atoms with Crippen LogP contribution in [-0.4, -0.2) is 52.9 Å². The number of aliphatic carboxylic acids is 1. The summed E-state index contributed by atoms with van der Waals surface area (Å²) in [6.07, 6.45) is 1.52. The third-order valence-corrected chi connectivity index (χ3v) is 6.40. The molecule has 0 aliphatic heterocycles. The number of hydrogen-bond acceptors (Lipinski definition) is 7. The van der Waals surface area contributed by atoms with E-state index in [9.17, 15) is 19.5 Å². The molecule has 0 spiro atoms. The van der Waals surface area contributed by atoms with Crippen LogP contribution in [0.5, 0.6) is 0 Å². The molecule has 1 atom stereocenters. The Bertz CT molecular complexity index is 1180. The van der Waals surface area contributed by atoms with E-state index in [0.29, 0.717) is 5.75 Å². The van der Waals surface area contributed by atoms with Crippen molar-refractivity contribution in [3.05, 3.63) is 77.2 Å². The van der Waals surface area contributed by atoms with Crippen molar-refractivity contribution in [1.82, 2.24) is 15.8 Å². The van der Waals surface area contributed by atoms with Crippen LogP contribution in [-0.2, 0) is 16.1 Å². The minimum absolute atomic E-state index is 0.0359. The Morgan fingerprint density at radius 1 is 1.11 bits per heavy atom. The molecule has 0 radical (unpaired) electrons. The van der Waals surface area contributed by atoms with Gasteiger partial charge in [-0.1, -0.05) is 53.7 Å². The first kappa shape index (κ1) is 24.3. The highest BCUT2D eigenvalue weighted by atomic mass is 32.2. The van der Waals surface area contributed by atoms with Gasteiger partial charge < -0.3 is 25.0 Å². The van der Waals surface area contributed by atoms with Crippen molar-refractivity contribution in [2.24, 2.45) is 0 Å². The second-order valence-corrected chi connectivity index (χ2v) is 8.99. The highest BCUT2D eigenvalue weighted by Gasteiger charge is 2.29. The molecule has 10 heteroatoms. The van der Waals surface area contributed by atoms with Crippen LogP contribution in [0.3, 0.4) is 0 Å². The number of amides is 2. The molecule has 182 valence electrons. The molecule has 1 aliphatic rings. The number of carbonyl (C=O) groups is 3. The first-order valence-electron chi connectivity index (χ1n) is 11.0. The summed E-state index contributed by atoms with van der Waals surface area (Å²) in [7, 11) is 0. The van der Waals surface area contributed by atoms with E-state index in [-0.39, 0.29) is 36.9 Å². The van der Waals surface area contributed by atoms with Gasteiger partial charge in [0.05, 0.1) is 6.54 Å². The zero-order chi connectivity index (χ0) is 24.8. The second kappa shape index (κ2) is 11.1. The maximum Gasteiger partial charge on any atom is 0.407 e. The lowest BCUT2D eigenvalue weighted by molar-refractivity contribution is -0.139. The van der Waals surface area contributed by atoms with E-state index in [1.807, 2.05) is 42.7 Å². The minimum Gasteiger partial charge on any atom is -0.480 e. The molecule has 0 saturated heterocycles. The Kier molecular flexibility index (Phi) is 7.71. The van der Waals surface area contributed by atoms with Gasteiger partial charge in [0.2, 0.25) is 0 Å². The zero-order valence-corrected chi connectivity index (χ0v) is 19.8. The van der Waals surface area contributed by atoms with Gasteiger partial charge in [0.25, 0.3) is 5.91 Å². The summed E-state index contributed by atoms with van der Waals surface area (Å²) < 4.78 is 10.6. The molecule has 0 fully saturated rings. The molecule has 2 amide bonds. The van der Waals surface area contributed by atoms with Gasteiger partial charge in [-0.2, -0.15) is 11.8 Å². The number of carbonyl (C=O) groups excluding carboxylic acids is 2. The number of nitrogens with zero attached hydrogens (tertiary/aromatic N) is 1. The van der Waals surface area contributed by atoms with Gasteiger partial charge in [-0.05, 0) is 40.7 Å². The van der Waals surface area contributed by atoms with Crippen molar-refractivity contribution in [2.45, 2.75) is 24.9 Å². The topological polar surface area (TPSA) is 131 Å². The van der Waals surface area contributed by atoms with Crippen molar-refractivity contribution in [2.75, 3.05) is 18.6 Å². The van der Waals surface area contributed by atoms with Gasteiger partial charge in [0.15, 0.2) is 11.5 Å². The molecule has 1 heterocycles. The van der Waals surface area contributed by atoms with Crippen LogP contribution in [0.1, 0.15) is 39.7 Å². The first-order valence-corrected chi connectivity index (χ1v) is 12.4. The number of rotatable bonds is 10. The third kappa shape index (κ3) is 5.65. The molecular formula is C25H25N3O6S. The lowest BCUT2D eigenvalue weighted by atomic mass is 9.98. The Morgan fingerprint density at radius 2 is 1.77 bits per heavy atom. The van der Waals surface area contributed by atoms with Crippen LogP contribution >= 0.6 is 11.8 Å². The number of carboxylic acids is 1. The van der Waals surface area contributed by atoms with Gasteiger partial charge in [-0.3, -0.25) is 4.79 Å². The van der Waals surface area contributed by atoms with Crippen molar-refractivity contribution in [3.63, 3.8) is 0 Å². The number of alkyl carbamates (subject to hydrolysis) is 1. The van der Waals surface area contributed by atoms with Crippen LogP contribution in [0, 0.1) is 0 Å². The number of aromatic nitrogens is 1. The first-order chi connectivity index (χ1) is 17.0. The SMILES string of the molecule is CSCC[C@@H](NC(=O)c1cc(CNC(=O)OCC2c3ccccc3-c3ccccc32)on1)C(=O)O. The quantitative estimate of drug-likeness (QED) is 0.389. The molecule has 3 aromatic rings. The normalized spacial score (nSPS) is 12.9.